The monoisotopic (exact) mass is 289 g/mol. The van der Waals surface area contributed by atoms with Gasteiger partial charge in [-0.1, -0.05) is 11.6 Å². The summed E-state index contributed by atoms with van der Waals surface area (Å²) >= 11 is 10.1. The number of hydrogen-bond donors (Lipinski definition) is 3. The summed E-state index contributed by atoms with van der Waals surface area (Å²) in [5.41, 5.74) is 0.380. The predicted molar refractivity (Wildman–Crippen MR) is 73.5 cm³/mol. The molecule has 18 heavy (non-hydrogen) atoms. The third-order valence-electron chi connectivity index (χ3n) is 2.32. The first-order valence-corrected chi connectivity index (χ1v) is 6.31. The smallest absolute Gasteiger partial charge is 0.252 e. The van der Waals surface area contributed by atoms with Crippen LogP contribution in [0.2, 0.25) is 5.02 Å². The van der Waals surface area contributed by atoms with Gasteiger partial charge in [-0.25, -0.2) is 0 Å². The lowest BCUT2D eigenvalue weighted by molar-refractivity contribution is 0.0587. The quantitative estimate of drug-likeness (QED) is 0.700. The molecular formula is C12H16ClNO3S. The van der Waals surface area contributed by atoms with Gasteiger partial charge in [0, 0.05) is 18.6 Å². The van der Waals surface area contributed by atoms with Crippen LogP contribution in [0.3, 0.4) is 0 Å². The normalized spacial score (nSPS) is 12.2. The van der Waals surface area contributed by atoms with Gasteiger partial charge < -0.3 is 15.2 Å². The van der Waals surface area contributed by atoms with Crippen molar-refractivity contribution in [2.75, 3.05) is 20.3 Å². The number of rotatable bonds is 6. The first kappa shape index (κ1) is 15.3. The molecule has 0 radical (unpaired) electrons. The highest BCUT2D eigenvalue weighted by Crippen LogP contribution is 2.19. The molecule has 0 heterocycles. The highest BCUT2D eigenvalue weighted by Gasteiger charge is 2.11. The molecule has 0 fully saturated rings. The zero-order valence-electron chi connectivity index (χ0n) is 10.0. The number of benzene rings is 1. The minimum Gasteiger partial charge on any atom is -0.391 e. The Kier molecular flexibility index (Phi) is 6.49. The Balaban J connectivity index is 2.48. The molecule has 1 aromatic rings. The van der Waals surface area contributed by atoms with E-state index >= 15 is 0 Å². The van der Waals surface area contributed by atoms with E-state index in [1.54, 1.807) is 18.2 Å². The van der Waals surface area contributed by atoms with Gasteiger partial charge in [0.05, 0.1) is 23.3 Å². The Hall–Kier alpha value is -0.750. The largest absolute Gasteiger partial charge is 0.391 e. The van der Waals surface area contributed by atoms with Crippen LogP contribution in [-0.2, 0) is 4.74 Å². The van der Waals surface area contributed by atoms with Crippen molar-refractivity contribution in [1.29, 1.82) is 0 Å². The van der Waals surface area contributed by atoms with Gasteiger partial charge in [0.25, 0.3) is 5.91 Å². The van der Waals surface area contributed by atoms with Crippen LogP contribution in [0.25, 0.3) is 0 Å². The molecule has 4 nitrogen and oxygen atoms in total. The Morgan fingerprint density at radius 1 is 1.61 bits per heavy atom. The molecule has 1 unspecified atom stereocenters. The van der Waals surface area contributed by atoms with Crippen molar-refractivity contribution in [3.63, 3.8) is 0 Å². The van der Waals surface area contributed by atoms with Crippen LogP contribution in [0.1, 0.15) is 16.8 Å². The van der Waals surface area contributed by atoms with Crippen molar-refractivity contribution in [3.05, 3.63) is 28.8 Å². The van der Waals surface area contributed by atoms with Crippen molar-refractivity contribution in [3.8, 4) is 0 Å². The van der Waals surface area contributed by atoms with Crippen LogP contribution in [0.4, 0.5) is 0 Å². The van der Waals surface area contributed by atoms with Crippen LogP contribution in [0, 0.1) is 0 Å². The fourth-order valence-corrected chi connectivity index (χ4v) is 1.82. The van der Waals surface area contributed by atoms with Crippen LogP contribution in [-0.4, -0.2) is 37.4 Å². The van der Waals surface area contributed by atoms with Gasteiger partial charge in [0.15, 0.2) is 0 Å². The van der Waals surface area contributed by atoms with Crippen LogP contribution in [0.5, 0.6) is 0 Å². The lowest BCUT2D eigenvalue weighted by Crippen LogP contribution is -2.28. The summed E-state index contributed by atoms with van der Waals surface area (Å²) in [6.45, 7) is 0.610. The van der Waals surface area contributed by atoms with Crippen molar-refractivity contribution in [1.82, 2.24) is 5.32 Å². The fourth-order valence-electron chi connectivity index (χ4n) is 1.41. The van der Waals surface area contributed by atoms with Gasteiger partial charge in [-0.05, 0) is 24.6 Å². The molecule has 0 saturated heterocycles. The maximum absolute atomic E-state index is 11.8. The molecule has 100 valence electrons. The number of hydrogen-bond acceptors (Lipinski definition) is 4. The van der Waals surface area contributed by atoms with E-state index in [0.29, 0.717) is 28.4 Å². The average Bonchev–Trinajstić information content (AvgIpc) is 2.32. The second-order valence-electron chi connectivity index (χ2n) is 3.82. The molecular weight excluding hydrogens is 274 g/mol. The zero-order chi connectivity index (χ0) is 13.5. The summed E-state index contributed by atoms with van der Waals surface area (Å²) in [7, 11) is 1.51. The number of methoxy groups -OCH3 is 1. The Morgan fingerprint density at radius 2 is 2.33 bits per heavy atom. The van der Waals surface area contributed by atoms with Gasteiger partial charge in [-0.15, -0.1) is 12.6 Å². The van der Waals surface area contributed by atoms with Gasteiger partial charge >= 0.3 is 0 Å². The van der Waals surface area contributed by atoms with Crippen molar-refractivity contribution >= 4 is 30.1 Å². The van der Waals surface area contributed by atoms with E-state index in [1.807, 2.05) is 0 Å². The molecule has 0 aromatic heterocycles. The SMILES string of the molecule is COCC(O)CCNC(=O)c1cc(S)ccc1Cl. The molecule has 6 heteroatoms. The number of carbonyl (C=O) groups excluding carboxylic acids is 1. The molecule has 1 aromatic carbocycles. The standard InChI is InChI=1S/C12H16ClNO3S/c1-17-7-8(15)4-5-14-12(16)10-6-9(18)2-3-11(10)13/h2-3,6,8,15,18H,4-5,7H2,1H3,(H,14,16). The number of amides is 1. The number of carbonyl (C=O) groups is 1. The second kappa shape index (κ2) is 7.63. The first-order chi connectivity index (χ1) is 8.54. The van der Waals surface area contributed by atoms with Gasteiger partial charge in [0.2, 0.25) is 0 Å². The Morgan fingerprint density at radius 3 is 3.00 bits per heavy atom. The van der Waals surface area contributed by atoms with Crippen molar-refractivity contribution in [2.24, 2.45) is 0 Å². The van der Waals surface area contributed by atoms with E-state index in [0.717, 1.165) is 0 Å². The lowest BCUT2D eigenvalue weighted by Gasteiger charge is -2.11. The maximum atomic E-state index is 11.8. The minimum absolute atomic E-state index is 0.253. The number of aliphatic hydroxyl groups is 1. The van der Waals surface area contributed by atoms with E-state index < -0.39 is 6.10 Å². The van der Waals surface area contributed by atoms with E-state index in [2.05, 4.69) is 17.9 Å². The number of ether oxygens (including phenoxy) is 1. The van der Waals surface area contributed by atoms with Gasteiger partial charge in [-0.3, -0.25) is 4.79 Å². The highest BCUT2D eigenvalue weighted by atomic mass is 35.5. The molecule has 0 aliphatic heterocycles. The zero-order valence-corrected chi connectivity index (χ0v) is 11.7. The van der Waals surface area contributed by atoms with Crippen molar-refractivity contribution in [2.45, 2.75) is 17.4 Å². The number of thiol groups is 1. The van der Waals surface area contributed by atoms with Crippen LogP contribution in [0.15, 0.2) is 23.1 Å². The molecule has 0 aliphatic rings. The molecule has 0 aliphatic carbocycles. The molecule has 1 rings (SSSR count). The number of halogens is 1. The second-order valence-corrected chi connectivity index (χ2v) is 4.74. The van der Waals surface area contributed by atoms with E-state index in [9.17, 15) is 9.90 Å². The van der Waals surface area contributed by atoms with Gasteiger partial charge in [0.1, 0.15) is 0 Å². The number of nitrogens with one attached hydrogen (secondary N) is 1. The molecule has 2 N–H and O–H groups in total. The van der Waals surface area contributed by atoms with Crippen molar-refractivity contribution < 1.29 is 14.6 Å². The van der Waals surface area contributed by atoms with E-state index in [1.165, 1.54) is 7.11 Å². The maximum Gasteiger partial charge on any atom is 0.252 e. The summed E-state index contributed by atoms with van der Waals surface area (Å²) in [6.07, 6.45) is -0.153. The van der Waals surface area contributed by atoms with E-state index in [-0.39, 0.29) is 12.5 Å². The molecule has 1 atom stereocenters. The van der Waals surface area contributed by atoms with Crippen LogP contribution >= 0.6 is 24.2 Å². The third-order valence-corrected chi connectivity index (χ3v) is 2.92. The predicted octanol–water partition coefficient (Wildman–Crippen LogP) is 1.76. The first-order valence-electron chi connectivity index (χ1n) is 5.48. The summed E-state index contributed by atoms with van der Waals surface area (Å²) < 4.78 is 4.79. The molecule has 1 amide bonds. The van der Waals surface area contributed by atoms with Crippen LogP contribution < -0.4 is 5.32 Å². The Labute approximate surface area is 117 Å². The fraction of sp³-hybridized carbons (Fsp3) is 0.417. The van der Waals surface area contributed by atoms with Gasteiger partial charge in [-0.2, -0.15) is 0 Å². The molecule has 0 spiro atoms. The molecule has 0 bridgehead atoms. The molecule has 0 saturated carbocycles. The summed E-state index contributed by atoms with van der Waals surface area (Å²) in [5.74, 6) is -0.277. The summed E-state index contributed by atoms with van der Waals surface area (Å²) in [6, 6.07) is 4.94. The summed E-state index contributed by atoms with van der Waals surface area (Å²) in [4.78, 5) is 12.5. The topological polar surface area (TPSA) is 58.6 Å². The highest BCUT2D eigenvalue weighted by molar-refractivity contribution is 7.80. The third kappa shape index (κ3) is 4.86. The lowest BCUT2D eigenvalue weighted by atomic mass is 10.2. The Bertz CT molecular complexity index is 414. The average molecular weight is 290 g/mol. The summed E-state index contributed by atoms with van der Waals surface area (Å²) in [5, 5.41) is 12.5. The van der Waals surface area contributed by atoms with E-state index in [4.69, 9.17) is 16.3 Å². The number of aliphatic hydroxyl groups excluding tert-OH is 1. The minimum atomic E-state index is -0.581.